The third-order valence-corrected chi connectivity index (χ3v) is 13.4. The van der Waals surface area contributed by atoms with E-state index in [0.717, 1.165) is 77.6 Å². The van der Waals surface area contributed by atoms with E-state index in [2.05, 4.69) is 229 Å². The molecule has 0 bridgehead atoms. The maximum atomic E-state index is 6.85. The third kappa shape index (κ3) is 5.47. The number of furan rings is 2. The van der Waals surface area contributed by atoms with Crippen LogP contribution in [0.5, 0.6) is 0 Å². The van der Waals surface area contributed by atoms with Crippen molar-refractivity contribution in [2.24, 2.45) is 0 Å². The molecule has 3 heteroatoms. The second kappa shape index (κ2) is 14.3. The molecule has 10 aromatic carbocycles. The molecule has 1 aliphatic rings. The molecule has 1 atom stereocenters. The third-order valence-electron chi connectivity index (χ3n) is 13.4. The maximum absolute atomic E-state index is 6.85. The van der Waals surface area contributed by atoms with Crippen molar-refractivity contribution in [1.29, 1.82) is 0 Å². The number of benzene rings is 10. The Kier molecular flexibility index (Phi) is 8.13. The van der Waals surface area contributed by atoms with Crippen LogP contribution in [0.15, 0.2) is 245 Å². The second-order valence-corrected chi connectivity index (χ2v) is 16.8. The van der Waals surface area contributed by atoms with Crippen molar-refractivity contribution < 1.29 is 8.83 Å². The first-order valence-electron chi connectivity index (χ1n) is 21.9. The summed E-state index contributed by atoms with van der Waals surface area (Å²) in [5.74, 6) is 0. The fraction of sp³-hybridized carbons (Fsp3) is 0.0164. The van der Waals surface area contributed by atoms with Crippen molar-refractivity contribution in [2.45, 2.75) is 5.41 Å². The Balaban J connectivity index is 0.964. The van der Waals surface area contributed by atoms with Gasteiger partial charge in [-0.1, -0.05) is 176 Å². The average Bonchev–Trinajstić information content (AvgIpc) is 4.03. The molecule has 2 aromatic heterocycles. The van der Waals surface area contributed by atoms with Crippen molar-refractivity contribution in [3.05, 3.63) is 259 Å². The van der Waals surface area contributed by atoms with Crippen LogP contribution in [0.3, 0.4) is 0 Å². The maximum Gasteiger partial charge on any atom is 0.140 e. The minimum atomic E-state index is -0.630. The minimum Gasteiger partial charge on any atom is -0.456 e. The van der Waals surface area contributed by atoms with Gasteiger partial charge in [0.15, 0.2) is 0 Å². The highest BCUT2D eigenvalue weighted by Gasteiger charge is 2.47. The number of hydrogen-bond acceptors (Lipinski definition) is 3. The van der Waals surface area contributed by atoms with Gasteiger partial charge in [0.1, 0.15) is 22.3 Å². The molecule has 3 nitrogen and oxygen atoms in total. The van der Waals surface area contributed by atoms with Gasteiger partial charge in [0.25, 0.3) is 0 Å². The molecule has 1 aliphatic carbocycles. The molecule has 0 spiro atoms. The Morgan fingerprint density at radius 3 is 1.56 bits per heavy atom. The summed E-state index contributed by atoms with van der Waals surface area (Å²) in [6.07, 6.45) is 0. The van der Waals surface area contributed by atoms with E-state index in [1.54, 1.807) is 0 Å². The predicted molar refractivity (Wildman–Crippen MR) is 264 cm³/mol. The van der Waals surface area contributed by atoms with Crippen LogP contribution < -0.4 is 4.90 Å². The Bertz CT molecular complexity index is 3710. The van der Waals surface area contributed by atoms with Gasteiger partial charge in [-0.05, 0) is 105 Å². The fourth-order valence-corrected chi connectivity index (χ4v) is 10.5. The average molecular weight is 818 g/mol. The van der Waals surface area contributed by atoms with Gasteiger partial charge in [0, 0.05) is 50.2 Å². The summed E-state index contributed by atoms with van der Waals surface area (Å²) in [5, 5.41) is 4.48. The number of hydrogen-bond donors (Lipinski definition) is 0. The molecule has 0 aliphatic heterocycles. The van der Waals surface area contributed by atoms with E-state index in [4.69, 9.17) is 8.83 Å². The van der Waals surface area contributed by atoms with Crippen LogP contribution >= 0.6 is 0 Å². The van der Waals surface area contributed by atoms with Gasteiger partial charge in [-0.2, -0.15) is 0 Å². The molecule has 0 fully saturated rings. The van der Waals surface area contributed by atoms with Crippen LogP contribution in [-0.4, -0.2) is 0 Å². The molecular weight excluding hydrogens is 779 g/mol. The number of fused-ring (bicyclic) bond motifs is 9. The molecule has 0 radical (unpaired) electrons. The monoisotopic (exact) mass is 817 g/mol. The van der Waals surface area contributed by atoms with Gasteiger partial charge in [-0.3, -0.25) is 0 Å². The van der Waals surface area contributed by atoms with Crippen LogP contribution in [0.25, 0.3) is 77.3 Å². The van der Waals surface area contributed by atoms with Gasteiger partial charge in [-0.25, -0.2) is 0 Å². The molecule has 2 heterocycles. The van der Waals surface area contributed by atoms with E-state index in [0.29, 0.717) is 0 Å². The van der Waals surface area contributed by atoms with Gasteiger partial charge in [-0.15, -0.1) is 0 Å². The van der Waals surface area contributed by atoms with E-state index < -0.39 is 5.41 Å². The number of nitrogens with zero attached hydrogens (tertiary/aromatic N) is 1. The first-order chi connectivity index (χ1) is 31.7. The van der Waals surface area contributed by atoms with Crippen LogP contribution in [0.1, 0.15) is 22.3 Å². The van der Waals surface area contributed by atoms with Crippen LogP contribution in [-0.2, 0) is 5.41 Å². The lowest BCUT2D eigenvalue weighted by molar-refractivity contribution is 0.648. The standard InChI is InChI=1S/C61H39NO2/c1-3-14-40(15-4-1)41-26-31-45(32-27-41)62(47-35-37-52-50-19-8-11-24-57(50)63-59(52)39-47)46-33-28-42(29-34-46)43-30-36-49-48-18-7-10-22-54(48)61(56(49)38-43,44-16-5-2-6-17-44)55-23-13-21-53-51-20-9-12-25-58(51)64-60(53)55/h1-39H. The van der Waals surface area contributed by atoms with Crippen molar-refractivity contribution in [3.8, 4) is 33.4 Å². The summed E-state index contributed by atoms with van der Waals surface area (Å²) < 4.78 is 13.3. The first-order valence-corrected chi connectivity index (χ1v) is 21.9. The van der Waals surface area contributed by atoms with Gasteiger partial charge < -0.3 is 13.7 Å². The molecule has 0 saturated carbocycles. The second-order valence-electron chi connectivity index (χ2n) is 16.8. The highest BCUT2D eigenvalue weighted by molar-refractivity contribution is 6.08. The molecular formula is C61H39NO2. The smallest absolute Gasteiger partial charge is 0.140 e. The van der Waals surface area contributed by atoms with Crippen LogP contribution in [0.4, 0.5) is 17.1 Å². The van der Waals surface area contributed by atoms with Gasteiger partial charge in [0.05, 0.1) is 5.41 Å². The highest BCUT2D eigenvalue weighted by Crippen LogP contribution is 2.58. The molecule has 300 valence electrons. The van der Waals surface area contributed by atoms with E-state index in [-0.39, 0.29) is 0 Å². The molecule has 0 N–H and O–H groups in total. The molecule has 13 rings (SSSR count). The Hall–Kier alpha value is -8.40. The molecule has 0 saturated heterocycles. The van der Waals surface area contributed by atoms with Crippen molar-refractivity contribution in [2.75, 3.05) is 4.90 Å². The van der Waals surface area contributed by atoms with E-state index >= 15 is 0 Å². The van der Waals surface area contributed by atoms with Crippen molar-refractivity contribution in [1.82, 2.24) is 0 Å². The first kappa shape index (κ1) is 36.3. The van der Waals surface area contributed by atoms with E-state index in [1.165, 1.54) is 38.9 Å². The highest BCUT2D eigenvalue weighted by atomic mass is 16.3. The fourth-order valence-electron chi connectivity index (χ4n) is 10.5. The summed E-state index contributed by atoms with van der Waals surface area (Å²) in [7, 11) is 0. The number of rotatable bonds is 7. The zero-order valence-electron chi connectivity index (χ0n) is 34.8. The molecule has 64 heavy (non-hydrogen) atoms. The Labute approximate surface area is 370 Å². The Morgan fingerprint density at radius 1 is 0.297 bits per heavy atom. The van der Waals surface area contributed by atoms with Gasteiger partial charge >= 0.3 is 0 Å². The molecule has 12 aromatic rings. The normalized spacial score (nSPS) is 14.3. The topological polar surface area (TPSA) is 29.5 Å². The lowest BCUT2D eigenvalue weighted by Crippen LogP contribution is -2.28. The summed E-state index contributed by atoms with van der Waals surface area (Å²) in [5.41, 5.74) is 18.0. The summed E-state index contributed by atoms with van der Waals surface area (Å²) in [6, 6.07) is 85.1. The minimum absolute atomic E-state index is 0.630. The lowest BCUT2D eigenvalue weighted by atomic mass is 9.67. The van der Waals surface area contributed by atoms with Gasteiger partial charge in [0.2, 0.25) is 0 Å². The van der Waals surface area contributed by atoms with Crippen LogP contribution in [0, 0.1) is 0 Å². The number of anilines is 3. The molecule has 0 amide bonds. The molecule has 1 unspecified atom stereocenters. The predicted octanol–water partition coefficient (Wildman–Crippen LogP) is 16.7. The summed E-state index contributed by atoms with van der Waals surface area (Å²) in [4.78, 5) is 2.32. The van der Waals surface area contributed by atoms with Crippen molar-refractivity contribution in [3.63, 3.8) is 0 Å². The van der Waals surface area contributed by atoms with Crippen LogP contribution in [0.2, 0.25) is 0 Å². The largest absolute Gasteiger partial charge is 0.456 e. The zero-order chi connectivity index (χ0) is 42.2. The summed E-state index contributed by atoms with van der Waals surface area (Å²) in [6.45, 7) is 0. The number of para-hydroxylation sites is 3. The zero-order valence-corrected chi connectivity index (χ0v) is 34.8. The summed E-state index contributed by atoms with van der Waals surface area (Å²) >= 11 is 0. The van der Waals surface area contributed by atoms with E-state index in [1.807, 2.05) is 12.1 Å². The quantitative estimate of drug-likeness (QED) is 0.160. The SMILES string of the molecule is c1ccc(-c2ccc(N(c3ccc(-c4ccc5c(c4)C(c4ccccc4)(c4cccc6c4oc4ccccc46)c4ccccc4-5)cc3)c3ccc4c(c3)oc3ccccc34)cc2)cc1. The lowest BCUT2D eigenvalue weighted by Gasteiger charge is -2.34. The van der Waals surface area contributed by atoms with Crippen molar-refractivity contribution >= 4 is 60.9 Å². The van der Waals surface area contributed by atoms with E-state index in [9.17, 15) is 0 Å². The Morgan fingerprint density at radius 2 is 0.812 bits per heavy atom.